The van der Waals surface area contributed by atoms with Gasteiger partial charge in [0.05, 0.1) is 11.4 Å². The smallest absolute Gasteiger partial charge is 0.0546 e. The Kier molecular flexibility index (Phi) is 6.46. The molecule has 12 rings (SSSR count). The van der Waals surface area contributed by atoms with Crippen LogP contribution in [0.1, 0.15) is 25.0 Å². The molecule has 11 aromatic carbocycles. The molecular formula is C55H37N. The van der Waals surface area contributed by atoms with Gasteiger partial charge in [-0.3, -0.25) is 0 Å². The molecule has 262 valence electrons. The van der Waals surface area contributed by atoms with E-state index in [4.69, 9.17) is 0 Å². The zero-order valence-corrected chi connectivity index (χ0v) is 31.3. The molecule has 1 aliphatic rings. The van der Waals surface area contributed by atoms with E-state index in [1.807, 2.05) is 0 Å². The second-order valence-corrected chi connectivity index (χ2v) is 16.0. The normalized spacial score (nSPS) is 13.3. The van der Waals surface area contributed by atoms with Gasteiger partial charge in [0, 0.05) is 27.4 Å². The van der Waals surface area contributed by atoms with Gasteiger partial charge in [0.1, 0.15) is 0 Å². The molecule has 11 aromatic rings. The third-order valence-electron chi connectivity index (χ3n) is 12.7. The highest BCUT2D eigenvalue weighted by Gasteiger charge is 2.36. The standard InChI is InChI=1S/C55H37N/c1-55(2)47-26-8-6-20-40(47)41-31-30-38(33-48(41)55)56(49-27-9-7-19-39(49)34-14-4-3-5-15-34)50-32-37-18-12-23-43-42-21-10-16-35-28-29-36-17-11-22-44(52(36)51(35)42)45-24-13-25-46(50)54(45)53(37)43/h3-33H,1-2H3. The van der Waals surface area contributed by atoms with E-state index >= 15 is 0 Å². The van der Waals surface area contributed by atoms with Crippen molar-refractivity contribution in [2.45, 2.75) is 19.3 Å². The summed E-state index contributed by atoms with van der Waals surface area (Å²) in [6, 6.07) is 70.4. The monoisotopic (exact) mass is 711 g/mol. The van der Waals surface area contributed by atoms with Crippen LogP contribution in [-0.4, -0.2) is 0 Å². The Hall–Kier alpha value is -6.96. The Morgan fingerprint density at radius 3 is 1.59 bits per heavy atom. The molecular weight excluding hydrogens is 675 g/mol. The molecule has 0 spiro atoms. The van der Waals surface area contributed by atoms with E-state index in [2.05, 4.69) is 207 Å². The molecule has 1 heteroatoms. The molecule has 0 saturated carbocycles. The first kappa shape index (κ1) is 31.4. The molecule has 0 radical (unpaired) electrons. The number of anilines is 3. The van der Waals surface area contributed by atoms with Crippen molar-refractivity contribution in [3.05, 3.63) is 199 Å². The van der Waals surface area contributed by atoms with E-state index in [1.54, 1.807) is 0 Å². The highest BCUT2D eigenvalue weighted by molar-refractivity contribution is 6.38. The fourth-order valence-corrected chi connectivity index (χ4v) is 10.2. The van der Waals surface area contributed by atoms with E-state index in [1.165, 1.54) is 104 Å². The lowest BCUT2D eigenvalue weighted by atomic mass is 9.82. The third kappa shape index (κ3) is 4.26. The van der Waals surface area contributed by atoms with Crippen LogP contribution >= 0.6 is 0 Å². The van der Waals surface area contributed by atoms with Gasteiger partial charge in [-0.1, -0.05) is 178 Å². The Bertz CT molecular complexity index is 3390. The number of para-hydroxylation sites is 1. The maximum absolute atomic E-state index is 2.54. The van der Waals surface area contributed by atoms with Crippen LogP contribution in [0.5, 0.6) is 0 Å². The molecule has 0 aromatic heterocycles. The van der Waals surface area contributed by atoms with Gasteiger partial charge >= 0.3 is 0 Å². The van der Waals surface area contributed by atoms with Crippen molar-refractivity contribution in [1.29, 1.82) is 0 Å². The number of fused-ring (bicyclic) bond motifs is 5. The Labute approximate surface area is 326 Å². The maximum atomic E-state index is 2.54. The Balaban J connectivity index is 1.25. The van der Waals surface area contributed by atoms with E-state index in [-0.39, 0.29) is 5.41 Å². The summed E-state index contributed by atoms with van der Waals surface area (Å²) in [5, 5.41) is 15.4. The minimum Gasteiger partial charge on any atom is -0.309 e. The van der Waals surface area contributed by atoms with Crippen molar-refractivity contribution in [3.8, 4) is 22.3 Å². The fraction of sp³-hybridized carbons (Fsp3) is 0.0545. The van der Waals surface area contributed by atoms with Crippen LogP contribution in [0.25, 0.3) is 86.9 Å². The molecule has 1 nitrogen and oxygen atoms in total. The average Bonchev–Trinajstić information content (AvgIpc) is 3.48. The van der Waals surface area contributed by atoms with Crippen LogP contribution in [0, 0.1) is 0 Å². The summed E-state index contributed by atoms with van der Waals surface area (Å²) in [4.78, 5) is 2.54. The van der Waals surface area contributed by atoms with Crippen LogP contribution in [0.2, 0.25) is 0 Å². The highest BCUT2D eigenvalue weighted by Crippen LogP contribution is 2.53. The lowest BCUT2D eigenvalue weighted by Gasteiger charge is -2.31. The molecule has 0 saturated heterocycles. The van der Waals surface area contributed by atoms with E-state index in [9.17, 15) is 0 Å². The van der Waals surface area contributed by atoms with Gasteiger partial charge in [0.2, 0.25) is 0 Å². The van der Waals surface area contributed by atoms with Crippen LogP contribution < -0.4 is 4.90 Å². The Morgan fingerprint density at radius 1 is 0.339 bits per heavy atom. The molecule has 0 aliphatic heterocycles. The minimum atomic E-state index is -0.135. The Morgan fingerprint density at radius 2 is 0.875 bits per heavy atom. The van der Waals surface area contributed by atoms with Crippen molar-refractivity contribution in [2.24, 2.45) is 0 Å². The van der Waals surface area contributed by atoms with Gasteiger partial charge in [-0.15, -0.1) is 0 Å². The van der Waals surface area contributed by atoms with Crippen LogP contribution in [0.4, 0.5) is 17.1 Å². The molecule has 0 N–H and O–H groups in total. The quantitative estimate of drug-likeness (QED) is 0.164. The second kappa shape index (κ2) is 11.5. The van der Waals surface area contributed by atoms with Crippen molar-refractivity contribution in [3.63, 3.8) is 0 Å². The third-order valence-corrected chi connectivity index (χ3v) is 12.7. The highest BCUT2D eigenvalue weighted by atomic mass is 15.1. The van der Waals surface area contributed by atoms with Crippen molar-refractivity contribution in [2.75, 3.05) is 4.90 Å². The molecule has 0 atom stereocenters. The van der Waals surface area contributed by atoms with Crippen LogP contribution in [0.3, 0.4) is 0 Å². The van der Waals surface area contributed by atoms with Gasteiger partial charge in [0.25, 0.3) is 0 Å². The number of benzene rings is 10. The number of rotatable bonds is 4. The lowest BCUT2D eigenvalue weighted by molar-refractivity contribution is 0.660. The summed E-state index contributed by atoms with van der Waals surface area (Å²) in [5.41, 5.74) is 11.1. The summed E-state index contributed by atoms with van der Waals surface area (Å²) in [5.74, 6) is 0. The molecule has 0 fully saturated rings. The van der Waals surface area contributed by atoms with E-state index in [0.29, 0.717) is 0 Å². The van der Waals surface area contributed by atoms with E-state index in [0.717, 1.165) is 11.4 Å². The number of nitrogens with zero attached hydrogens (tertiary/aromatic N) is 1. The van der Waals surface area contributed by atoms with Crippen LogP contribution in [-0.2, 0) is 5.41 Å². The molecule has 0 heterocycles. The minimum absolute atomic E-state index is 0.135. The topological polar surface area (TPSA) is 3.24 Å². The molecule has 0 amide bonds. The van der Waals surface area contributed by atoms with Crippen LogP contribution in [0.15, 0.2) is 188 Å². The summed E-state index contributed by atoms with van der Waals surface area (Å²) < 4.78 is 0. The van der Waals surface area contributed by atoms with Crippen molar-refractivity contribution < 1.29 is 0 Å². The number of hydrogen-bond donors (Lipinski definition) is 0. The summed E-state index contributed by atoms with van der Waals surface area (Å²) >= 11 is 0. The largest absolute Gasteiger partial charge is 0.309 e. The van der Waals surface area contributed by atoms with Crippen molar-refractivity contribution >= 4 is 81.7 Å². The first-order valence-electron chi connectivity index (χ1n) is 19.7. The van der Waals surface area contributed by atoms with Gasteiger partial charge in [-0.2, -0.15) is 0 Å². The first-order valence-corrected chi connectivity index (χ1v) is 19.7. The van der Waals surface area contributed by atoms with E-state index < -0.39 is 0 Å². The van der Waals surface area contributed by atoms with Gasteiger partial charge < -0.3 is 4.90 Å². The van der Waals surface area contributed by atoms with Gasteiger partial charge in [0.15, 0.2) is 0 Å². The summed E-state index contributed by atoms with van der Waals surface area (Å²) in [6.07, 6.45) is 0. The molecule has 0 unspecified atom stereocenters. The SMILES string of the molecule is CC1(C)c2ccccc2-c2ccc(N(c3ccccc3-c3ccccc3)c3cc4cccc5c6cccc7ccc8cccc(c9cccc3c9c45)c8c76)cc21. The fourth-order valence-electron chi connectivity index (χ4n) is 10.2. The van der Waals surface area contributed by atoms with Crippen molar-refractivity contribution in [1.82, 2.24) is 0 Å². The average molecular weight is 712 g/mol. The van der Waals surface area contributed by atoms with Gasteiger partial charge in [-0.25, -0.2) is 0 Å². The second-order valence-electron chi connectivity index (χ2n) is 16.0. The van der Waals surface area contributed by atoms with Gasteiger partial charge in [-0.05, 0) is 106 Å². The summed E-state index contributed by atoms with van der Waals surface area (Å²) in [6.45, 7) is 4.75. The first-order chi connectivity index (χ1) is 27.6. The predicted molar refractivity (Wildman–Crippen MR) is 240 cm³/mol. The summed E-state index contributed by atoms with van der Waals surface area (Å²) in [7, 11) is 0. The molecule has 56 heavy (non-hydrogen) atoms. The zero-order valence-electron chi connectivity index (χ0n) is 31.3. The molecule has 0 bridgehead atoms. The maximum Gasteiger partial charge on any atom is 0.0546 e. The molecule has 1 aliphatic carbocycles. The zero-order chi connectivity index (χ0) is 37.1. The predicted octanol–water partition coefficient (Wildman–Crippen LogP) is 15.5. The number of hydrogen-bond acceptors (Lipinski definition) is 1. The lowest BCUT2D eigenvalue weighted by Crippen LogP contribution is -2.17.